The summed E-state index contributed by atoms with van der Waals surface area (Å²) in [6.45, 7) is 1.81. The van der Waals surface area contributed by atoms with Crippen molar-refractivity contribution in [2.45, 2.75) is 85.6 Å². The molecule has 0 amide bonds. The summed E-state index contributed by atoms with van der Waals surface area (Å²) >= 11 is 0. The first-order chi connectivity index (χ1) is 15.9. The van der Waals surface area contributed by atoms with E-state index in [1.54, 1.807) is 6.92 Å². The van der Waals surface area contributed by atoms with Gasteiger partial charge in [0, 0.05) is 25.9 Å². The van der Waals surface area contributed by atoms with Gasteiger partial charge >= 0.3 is 0 Å². The van der Waals surface area contributed by atoms with Crippen LogP contribution in [0, 0.1) is 0 Å². The molecule has 0 radical (unpaired) electrons. The predicted molar refractivity (Wildman–Crippen MR) is 125 cm³/mol. The first-order valence-corrected chi connectivity index (χ1v) is 12.6. The number of anilines is 1. The number of aliphatic hydroxyl groups is 2. The monoisotopic (exact) mass is 503 g/mol. The van der Waals surface area contributed by atoms with Crippen LogP contribution in [0.3, 0.4) is 0 Å². The minimum absolute atomic E-state index is 0.0366. The molecular formula is C21H37N5O7S. The first-order valence-electron chi connectivity index (χ1n) is 11.2. The van der Waals surface area contributed by atoms with Crippen molar-refractivity contribution in [2.24, 2.45) is 17.2 Å². The van der Waals surface area contributed by atoms with Gasteiger partial charge in [-0.2, -0.15) is 4.31 Å². The minimum Gasteiger partial charge on any atom is -0.399 e. The van der Waals surface area contributed by atoms with Crippen molar-refractivity contribution in [1.82, 2.24) is 4.31 Å². The Morgan fingerprint density at radius 1 is 1.12 bits per heavy atom. The zero-order valence-corrected chi connectivity index (χ0v) is 20.4. The highest BCUT2D eigenvalue weighted by Crippen LogP contribution is 2.33. The number of nitrogen functional groups attached to an aromatic ring is 1. The number of hydrogen-bond donors (Lipinski definition) is 6. The molecule has 1 saturated heterocycles. The van der Waals surface area contributed by atoms with Crippen molar-refractivity contribution in [3.05, 3.63) is 24.3 Å². The van der Waals surface area contributed by atoms with Crippen LogP contribution in [0.25, 0.3) is 0 Å². The number of nitrogens with zero attached hydrogens (tertiary/aromatic N) is 1. The third kappa shape index (κ3) is 5.23. The first kappa shape index (κ1) is 27.2. The number of sulfonamides is 1. The Labute approximate surface area is 200 Å². The molecule has 2 aliphatic rings. The molecule has 1 heterocycles. The number of aliphatic hydroxyl groups excluding tert-OH is 2. The Bertz CT molecular complexity index is 919. The lowest BCUT2D eigenvalue weighted by atomic mass is 9.81. The largest absolute Gasteiger partial charge is 0.399 e. The highest BCUT2D eigenvalue weighted by molar-refractivity contribution is 7.89. The molecule has 0 aromatic heterocycles. The van der Waals surface area contributed by atoms with Crippen molar-refractivity contribution in [1.29, 1.82) is 0 Å². The molecule has 1 aromatic rings. The van der Waals surface area contributed by atoms with E-state index in [0.717, 1.165) is 4.31 Å². The average molecular weight is 504 g/mol. The van der Waals surface area contributed by atoms with E-state index in [2.05, 4.69) is 0 Å². The lowest BCUT2D eigenvalue weighted by Crippen LogP contribution is -2.72. The van der Waals surface area contributed by atoms with Crippen LogP contribution in [0.15, 0.2) is 29.2 Å². The summed E-state index contributed by atoms with van der Waals surface area (Å²) in [5, 5.41) is 22.2. The highest BCUT2D eigenvalue weighted by atomic mass is 32.2. The van der Waals surface area contributed by atoms with Gasteiger partial charge in [0.2, 0.25) is 10.0 Å². The lowest BCUT2D eigenvalue weighted by Gasteiger charge is -2.49. The number of benzene rings is 1. The summed E-state index contributed by atoms with van der Waals surface area (Å²) < 4.78 is 44.9. The van der Waals surface area contributed by atoms with Crippen LogP contribution in [-0.4, -0.2) is 98.1 Å². The fraction of sp³-hybridized carbons (Fsp3) is 0.714. The van der Waals surface area contributed by atoms with Gasteiger partial charge in [0.05, 0.1) is 35.2 Å². The van der Waals surface area contributed by atoms with Crippen molar-refractivity contribution in [2.75, 3.05) is 19.9 Å². The second-order valence-corrected chi connectivity index (χ2v) is 11.1. The van der Waals surface area contributed by atoms with Crippen LogP contribution in [0.2, 0.25) is 0 Å². The van der Waals surface area contributed by atoms with Crippen molar-refractivity contribution in [3.63, 3.8) is 0 Å². The molecule has 1 saturated carbocycles. The fourth-order valence-electron chi connectivity index (χ4n) is 4.58. The van der Waals surface area contributed by atoms with Crippen molar-refractivity contribution >= 4 is 15.7 Å². The zero-order chi connectivity index (χ0) is 25.4. The van der Waals surface area contributed by atoms with Crippen LogP contribution in [0.5, 0.6) is 0 Å². The van der Waals surface area contributed by atoms with E-state index in [1.807, 2.05) is 0 Å². The van der Waals surface area contributed by atoms with Crippen LogP contribution < -0.4 is 22.9 Å². The van der Waals surface area contributed by atoms with Crippen LogP contribution in [-0.2, 0) is 24.2 Å². The van der Waals surface area contributed by atoms with Crippen LogP contribution in [0.1, 0.15) is 19.8 Å². The van der Waals surface area contributed by atoms with Gasteiger partial charge in [-0.15, -0.1) is 0 Å². The van der Waals surface area contributed by atoms with E-state index in [-0.39, 0.29) is 17.0 Å². The molecule has 1 aliphatic carbocycles. The van der Waals surface area contributed by atoms with E-state index in [9.17, 15) is 18.6 Å². The summed E-state index contributed by atoms with van der Waals surface area (Å²) in [6, 6.07) is 2.52. The predicted octanol–water partition coefficient (Wildman–Crippen LogP) is -2.10. The Morgan fingerprint density at radius 3 is 2.29 bits per heavy atom. The maximum absolute atomic E-state index is 13.3. The molecule has 10 atom stereocenters. The van der Waals surface area contributed by atoms with Crippen LogP contribution >= 0.6 is 0 Å². The standard InChI is InChI=1S/C21H37N5O7S/c1-10(22)14-9-8-13(24)21(32-14)33-19-15(25)17(27)20(31-3)16(18(19)28)26(2)34(29,30)12-6-4-11(23)5-7-12/h4-7,10,13-21,27-28H,8-9,22-25H2,1-3H3/t10-,13+,14-,15-,16-,17-,18+,19?,20+,21+/m0/s1. The van der Waals surface area contributed by atoms with Gasteiger partial charge in [0.25, 0.3) is 0 Å². The average Bonchev–Trinajstić information content (AvgIpc) is 2.79. The van der Waals surface area contributed by atoms with Gasteiger partial charge in [-0.1, -0.05) is 0 Å². The number of hydrogen-bond acceptors (Lipinski definition) is 11. The van der Waals surface area contributed by atoms with Crippen LogP contribution in [0.4, 0.5) is 5.69 Å². The summed E-state index contributed by atoms with van der Waals surface area (Å²) in [5.41, 5.74) is 24.4. The smallest absolute Gasteiger partial charge is 0.243 e. The fourth-order valence-corrected chi connectivity index (χ4v) is 5.96. The normalized spacial score (nSPS) is 38.1. The van der Waals surface area contributed by atoms with E-state index in [0.29, 0.717) is 18.5 Å². The Hall–Kier alpha value is -1.39. The van der Waals surface area contributed by atoms with E-state index < -0.39 is 58.9 Å². The Morgan fingerprint density at radius 2 is 1.74 bits per heavy atom. The molecule has 1 unspecified atom stereocenters. The number of methoxy groups -OCH3 is 1. The van der Waals surface area contributed by atoms with Crippen molar-refractivity contribution in [3.8, 4) is 0 Å². The van der Waals surface area contributed by atoms with Gasteiger partial charge in [-0.25, -0.2) is 8.42 Å². The zero-order valence-electron chi connectivity index (χ0n) is 19.6. The lowest BCUT2D eigenvalue weighted by molar-refractivity contribution is -0.265. The van der Waals surface area contributed by atoms with E-state index >= 15 is 0 Å². The molecular weight excluding hydrogens is 466 g/mol. The van der Waals surface area contributed by atoms with Gasteiger partial charge in [0.15, 0.2) is 6.29 Å². The van der Waals surface area contributed by atoms with E-state index in [1.165, 1.54) is 38.4 Å². The minimum atomic E-state index is -4.10. The van der Waals surface area contributed by atoms with Gasteiger partial charge in [-0.05, 0) is 44.0 Å². The molecule has 13 heteroatoms. The van der Waals surface area contributed by atoms with Gasteiger partial charge in [-0.3, -0.25) is 0 Å². The van der Waals surface area contributed by atoms with E-state index in [4.69, 9.17) is 37.1 Å². The van der Waals surface area contributed by atoms with Gasteiger partial charge < -0.3 is 47.4 Å². The molecule has 0 spiro atoms. The highest BCUT2D eigenvalue weighted by Gasteiger charge is 2.54. The molecule has 3 rings (SSSR count). The summed E-state index contributed by atoms with van der Waals surface area (Å²) in [4.78, 5) is -0.0366. The topological polar surface area (TPSA) is 210 Å². The molecule has 1 aliphatic heterocycles. The Kier molecular flexibility index (Phi) is 8.56. The number of nitrogens with two attached hydrogens (primary N) is 4. The second kappa shape index (κ2) is 10.7. The van der Waals surface area contributed by atoms with Gasteiger partial charge in [0.1, 0.15) is 18.3 Å². The summed E-state index contributed by atoms with van der Waals surface area (Å²) in [6.07, 6.45) is -5.16. The molecule has 0 bridgehead atoms. The number of ether oxygens (including phenoxy) is 3. The maximum atomic E-state index is 13.3. The molecule has 1 aromatic carbocycles. The third-order valence-electron chi connectivity index (χ3n) is 6.70. The molecule has 2 fully saturated rings. The summed E-state index contributed by atoms with van der Waals surface area (Å²) in [7, 11) is -1.50. The number of rotatable bonds is 7. The molecule has 194 valence electrons. The third-order valence-corrected chi connectivity index (χ3v) is 8.57. The molecule has 10 N–H and O–H groups in total. The quantitative estimate of drug-likeness (QED) is 0.222. The SMILES string of the molecule is CO[C@H]1[C@@H](O)[C@H](N)C(O[C@H]2O[C@H]([C@H](C)N)CC[C@H]2N)[C@H](O)[C@@H]1N(C)S(=O)(=O)c1ccc(N)cc1. The second-order valence-electron chi connectivity index (χ2n) is 9.08. The van der Waals surface area contributed by atoms with Crippen molar-refractivity contribution < 1.29 is 32.8 Å². The molecule has 12 nitrogen and oxygen atoms in total. The summed E-state index contributed by atoms with van der Waals surface area (Å²) in [5.74, 6) is 0. The molecule has 34 heavy (non-hydrogen) atoms. The number of likely N-dealkylation sites (N-methyl/N-ethyl adjacent to an activating group) is 1. The Balaban J connectivity index is 1.90. The maximum Gasteiger partial charge on any atom is 0.243 e.